The summed E-state index contributed by atoms with van der Waals surface area (Å²) in [7, 11) is 0. The van der Waals surface area contributed by atoms with E-state index in [4.69, 9.17) is 5.84 Å². The third-order valence-corrected chi connectivity index (χ3v) is 4.91. The monoisotopic (exact) mass is 254 g/mol. The summed E-state index contributed by atoms with van der Waals surface area (Å²) in [5.74, 6) is 6.56. The molecule has 0 amide bonds. The molecule has 0 aromatic heterocycles. The minimum absolute atomic E-state index is 0.485. The summed E-state index contributed by atoms with van der Waals surface area (Å²) in [6.07, 6.45) is 13.6. The van der Waals surface area contributed by atoms with E-state index in [-0.39, 0.29) is 0 Å². The molecule has 1 rings (SSSR count). The van der Waals surface area contributed by atoms with Gasteiger partial charge in [0.15, 0.2) is 0 Å². The van der Waals surface area contributed by atoms with E-state index in [0.717, 1.165) is 5.92 Å². The number of hydrazine groups is 1. The lowest BCUT2D eigenvalue weighted by Gasteiger charge is -2.34. The van der Waals surface area contributed by atoms with Crippen LogP contribution in [0, 0.1) is 11.3 Å². The van der Waals surface area contributed by atoms with E-state index in [1.165, 1.54) is 64.2 Å². The second-order valence-electron chi connectivity index (χ2n) is 6.82. The lowest BCUT2D eigenvalue weighted by molar-refractivity contribution is 0.187. The molecule has 0 bridgehead atoms. The average Bonchev–Trinajstić information content (AvgIpc) is 2.68. The van der Waals surface area contributed by atoms with Crippen molar-refractivity contribution in [2.24, 2.45) is 17.2 Å². The highest BCUT2D eigenvalue weighted by atomic mass is 15.2. The summed E-state index contributed by atoms with van der Waals surface area (Å²) in [5, 5.41) is 0. The lowest BCUT2D eigenvalue weighted by atomic mass is 9.76. The van der Waals surface area contributed by atoms with Crippen molar-refractivity contribution in [1.82, 2.24) is 5.43 Å². The van der Waals surface area contributed by atoms with E-state index in [0.29, 0.717) is 11.5 Å². The molecule has 2 unspecified atom stereocenters. The van der Waals surface area contributed by atoms with Crippen LogP contribution >= 0.6 is 0 Å². The van der Waals surface area contributed by atoms with Crippen LogP contribution < -0.4 is 11.3 Å². The first kappa shape index (κ1) is 16.0. The number of rotatable bonds is 9. The molecule has 1 saturated carbocycles. The second kappa shape index (κ2) is 8.16. The fraction of sp³-hybridized carbons (Fsp3) is 1.00. The molecule has 1 fully saturated rings. The minimum Gasteiger partial charge on any atom is -0.271 e. The molecule has 0 aromatic rings. The van der Waals surface area contributed by atoms with E-state index in [9.17, 15) is 0 Å². The number of unbranched alkanes of at least 4 members (excludes halogenated alkanes) is 5. The largest absolute Gasteiger partial charge is 0.271 e. The maximum Gasteiger partial charge on any atom is 0.0243 e. The molecule has 1 aliphatic rings. The van der Waals surface area contributed by atoms with E-state index in [1.807, 2.05) is 0 Å². The minimum atomic E-state index is 0.485. The summed E-state index contributed by atoms with van der Waals surface area (Å²) in [5.41, 5.74) is 3.59. The smallest absolute Gasteiger partial charge is 0.0243 e. The summed E-state index contributed by atoms with van der Waals surface area (Å²) < 4.78 is 0. The molecule has 0 spiro atoms. The molecule has 0 heterocycles. The van der Waals surface area contributed by atoms with Crippen LogP contribution in [0.4, 0.5) is 0 Å². The predicted octanol–water partition coefficient (Wildman–Crippen LogP) is 4.40. The van der Waals surface area contributed by atoms with E-state index in [1.54, 1.807) is 0 Å². The molecule has 2 nitrogen and oxygen atoms in total. The van der Waals surface area contributed by atoms with Crippen molar-refractivity contribution in [3.8, 4) is 0 Å². The zero-order chi connectivity index (χ0) is 13.4. The van der Waals surface area contributed by atoms with Gasteiger partial charge in [-0.3, -0.25) is 11.3 Å². The Kier molecular flexibility index (Phi) is 7.25. The number of nitrogens with one attached hydrogen (secondary N) is 1. The number of hydrogen-bond acceptors (Lipinski definition) is 2. The fourth-order valence-corrected chi connectivity index (χ4v) is 3.64. The van der Waals surface area contributed by atoms with Gasteiger partial charge in [0.2, 0.25) is 0 Å². The van der Waals surface area contributed by atoms with Gasteiger partial charge in [-0.2, -0.15) is 0 Å². The van der Waals surface area contributed by atoms with Crippen molar-refractivity contribution in [3.63, 3.8) is 0 Å². The molecule has 0 saturated heterocycles. The highest BCUT2D eigenvalue weighted by Gasteiger charge is 2.38. The topological polar surface area (TPSA) is 38.0 Å². The molecule has 108 valence electrons. The molecule has 0 radical (unpaired) electrons. The first-order valence-electron chi connectivity index (χ1n) is 8.08. The maximum absolute atomic E-state index is 5.79. The predicted molar refractivity (Wildman–Crippen MR) is 80.2 cm³/mol. The van der Waals surface area contributed by atoms with Crippen molar-refractivity contribution in [1.29, 1.82) is 0 Å². The van der Waals surface area contributed by atoms with Crippen LogP contribution in [0.15, 0.2) is 0 Å². The van der Waals surface area contributed by atoms with Gasteiger partial charge in [0.1, 0.15) is 0 Å². The zero-order valence-corrected chi connectivity index (χ0v) is 12.8. The van der Waals surface area contributed by atoms with Gasteiger partial charge in [0.05, 0.1) is 0 Å². The molecule has 0 aliphatic heterocycles. The first-order chi connectivity index (χ1) is 8.61. The highest BCUT2D eigenvalue weighted by Crippen LogP contribution is 2.45. The van der Waals surface area contributed by atoms with Crippen LogP contribution in [0.1, 0.15) is 85.0 Å². The van der Waals surface area contributed by atoms with Gasteiger partial charge in [-0.25, -0.2) is 0 Å². The van der Waals surface area contributed by atoms with E-state index < -0.39 is 0 Å². The van der Waals surface area contributed by atoms with Crippen LogP contribution in [0.3, 0.4) is 0 Å². The normalized spacial score (nSPS) is 24.3. The second-order valence-corrected chi connectivity index (χ2v) is 6.82. The van der Waals surface area contributed by atoms with Gasteiger partial charge in [-0.1, -0.05) is 65.7 Å². The van der Waals surface area contributed by atoms with Crippen LogP contribution in [-0.4, -0.2) is 6.04 Å². The van der Waals surface area contributed by atoms with Gasteiger partial charge in [-0.05, 0) is 30.6 Å². The zero-order valence-electron chi connectivity index (χ0n) is 12.8. The Morgan fingerprint density at radius 2 is 1.83 bits per heavy atom. The number of nitrogens with two attached hydrogens (primary N) is 1. The molecular formula is C16H34N2. The lowest BCUT2D eigenvalue weighted by Crippen LogP contribution is -2.44. The van der Waals surface area contributed by atoms with Gasteiger partial charge in [0.25, 0.3) is 0 Å². The standard InChI is InChI=1S/C16H34N2/c1-4-5-6-7-8-9-12-15(18-17)14-11-10-13-16(14,2)3/h14-15,18H,4-13,17H2,1-3H3. The summed E-state index contributed by atoms with van der Waals surface area (Å²) in [6, 6.07) is 0.536. The average molecular weight is 254 g/mol. The molecular weight excluding hydrogens is 220 g/mol. The molecule has 18 heavy (non-hydrogen) atoms. The molecule has 1 aliphatic carbocycles. The summed E-state index contributed by atoms with van der Waals surface area (Å²) in [6.45, 7) is 7.10. The highest BCUT2D eigenvalue weighted by molar-refractivity contribution is 4.91. The SMILES string of the molecule is CCCCCCCCC(NN)C1CCCC1(C)C. The third-order valence-electron chi connectivity index (χ3n) is 4.91. The Balaban J connectivity index is 2.21. The molecule has 0 aromatic carbocycles. The van der Waals surface area contributed by atoms with E-state index in [2.05, 4.69) is 26.2 Å². The van der Waals surface area contributed by atoms with Crippen LogP contribution in [-0.2, 0) is 0 Å². The van der Waals surface area contributed by atoms with E-state index >= 15 is 0 Å². The van der Waals surface area contributed by atoms with Gasteiger partial charge < -0.3 is 0 Å². The third kappa shape index (κ3) is 4.89. The molecule has 3 N–H and O–H groups in total. The van der Waals surface area contributed by atoms with Crippen molar-refractivity contribution >= 4 is 0 Å². The number of hydrogen-bond donors (Lipinski definition) is 2. The van der Waals surface area contributed by atoms with Crippen molar-refractivity contribution in [3.05, 3.63) is 0 Å². The van der Waals surface area contributed by atoms with Crippen LogP contribution in [0.25, 0.3) is 0 Å². The van der Waals surface area contributed by atoms with Crippen molar-refractivity contribution < 1.29 is 0 Å². The van der Waals surface area contributed by atoms with Crippen molar-refractivity contribution in [2.75, 3.05) is 0 Å². The van der Waals surface area contributed by atoms with Crippen LogP contribution in [0.2, 0.25) is 0 Å². The quantitative estimate of drug-likeness (QED) is 0.364. The fourth-order valence-electron chi connectivity index (χ4n) is 3.64. The van der Waals surface area contributed by atoms with Gasteiger partial charge in [-0.15, -0.1) is 0 Å². The molecule has 2 atom stereocenters. The maximum atomic E-state index is 5.79. The molecule has 2 heteroatoms. The Hall–Kier alpha value is -0.0800. The van der Waals surface area contributed by atoms with Crippen LogP contribution in [0.5, 0.6) is 0 Å². The Labute approximate surface area is 114 Å². The van der Waals surface area contributed by atoms with Gasteiger partial charge in [0, 0.05) is 6.04 Å². The Morgan fingerprint density at radius 3 is 2.39 bits per heavy atom. The summed E-state index contributed by atoms with van der Waals surface area (Å²) >= 11 is 0. The van der Waals surface area contributed by atoms with Gasteiger partial charge >= 0.3 is 0 Å². The first-order valence-corrected chi connectivity index (χ1v) is 8.08. The van der Waals surface area contributed by atoms with Crippen molar-refractivity contribution in [2.45, 2.75) is 91.0 Å². The Bertz CT molecular complexity index is 213. The summed E-state index contributed by atoms with van der Waals surface area (Å²) in [4.78, 5) is 0. The Morgan fingerprint density at radius 1 is 1.17 bits per heavy atom.